The number of halogens is 1. The molecular formula is C57H55ClN8O14. The first-order chi connectivity index (χ1) is 38.1. The Labute approximate surface area is 462 Å². The van der Waals surface area contributed by atoms with Gasteiger partial charge in [0.05, 0.1) is 38.1 Å². The van der Waals surface area contributed by atoms with Crippen LogP contribution in [0.2, 0.25) is 5.02 Å². The molecule has 4 atom stereocenters. The monoisotopic (exact) mass is 1110 g/mol. The van der Waals surface area contributed by atoms with E-state index in [1.807, 2.05) is 77.6 Å². The van der Waals surface area contributed by atoms with Crippen LogP contribution in [0.15, 0.2) is 69.9 Å². The van der Waals surface area contributed by atoms with E-state index in [2.05, 4.69) is 49.6 Å². The van der Waals surface area contributed by atoms with E-state index < -0.39 is 22.0 Å². The standard InChI is InChI=1S/C27H22N4O7.C21H21NO4.C6H2ClN3O3.C2H6.CH4/c1-12-4-5-17-22(13(12)2)27(32)37-26(17)24-21-14(3)25-20(35-11-36-25)8-15(21)6-7-30(24)16-9-18-23(29-38-28-18)19(10-16)31(33)34;1-10-4-5-14-17(11(10)2)21(23)26-20(14)18-16-12(3)19-15(24-9-25-19)8-13(16)6-7-22-18;7-3-1-2-4(10(11)12)6-5(3)8-13-9-6;1-2;/h4-5,8-10,24,26H,6-7,11H2,1-3H3;4-5,8,18,20,22H,6-7,9H2,1-3H3;1-2H;1-2H3;1H4/t24-,26+;18-,20+;;;/m11.../s1. The Kier molecular flexibility index (Phi) is 14.6. The Morgan fingerprint density at radius 3 is 1.80 bits per heavy atom. The van der Waals surface area contributed by atoms with Gasteiger partial charge in [0, 0.05) is 46.6 Å². The third-order valence-corrected chi connectivity index (χ3v) is 15.7. The molecule has 0 amide bonds. The highest BCUT2D eigenvalue weighted by Gasteiger charge is 2.46. The van der Waals surface area contributed by atoms with Gasteiger partial charge in [-0.1, -0.05) is 57.1 Å². The van der Waals surface area contributed by atoms with Crippen LogP contribution in [-0.2, 0) is 22.3 Å². The lowest BCUT2D eigenvalue weighted by Gasteiger charge is -2.42. The molecule has 2 aromatic heterocycles. The van der Waals surface area contributed by atoms with Gasteiger partial charge >= 0.3 is 23.3 Å². The summed E-state index contributed by atoms with van der Waals surface area (Å²) in [5, 5.41) is 40.7. The number of non-ortho nitro benzene ring substituents is 2. The van der Waals surface area contributed by atoms with Crippen molar-refractivity contribution in [2.75, 3.05) is 31.6 Å². The summed E-state index contributed by atoms with van der Waals surface area (Å²) >= 11 is 5.69. The van der Waals surface area contributed by atoms with Crippen LogP contribution in [0.4, 0.5) is 17.1 Å². The number of hydrogen-bond acceptors (Lipinski definition) is 20. The molecule has 0 saturated carbocycles. The van der Waals surface area contributed by atoms with Gasteiger partial charge in [0.1, 0.15) is 11.6 Å². The number of hydrogen-bond donors (Lipinski definition) is 1. The molecule has 23 heteroatoms. The molecule has 6 aromatic carbocycles. The van der Waals surface area contributed by atoms with E-state index in [1.54, 1.807) is 6.07 Å². The minimum atomic E-state index is -0.653. The van der Waals surface area contributed by atoms with Gasteiger partial charge in [0.15, 0.2) is 34.6 Å². The van der Waals surface area contributed by atoms with Crippen molar-refractivity contribution in [3.8, 4) is 23.0 Å². The number of esters is 2. The highest BCUT2D eigenvalue weighted by Crippen LogP contribution is 2.54. The summed E-state index contributed by atoms with van der Waals surface area (Å²) in [6.07, 6.45) is 0.589. The highest BCUT2D eigenvalue weighted by molar-refractivity contribution is 6.35. The summed E-state index contributed by atoms with van der Waals surface area (Å²) in [4.78, 5) is 49.2. The largest absolute Gasteiger partial charge is 0.454 e. The van der Waals surface area contributed by atoms with Gasteiger partial charge in [-0.2, -0.15) is 0 Å². The fourth-order valence-electron chi connectivity index (χ4n) is 11.5. The van der Waals surface area contributed by atoms with Crippen molar-refractivity contribution in [1.82, 2.24) is 25.9 Å². The summed E-state index contributed by atoms with van der Waals surface area (Å²) in [5.41, 5.74) is 14.2. The molecule has 8 aromatic rings. The van der Waals surface area contributed by atoms with Gasteiger partial charge in [0.2, 0.25) is 24.6 Å². The first kappa shape index (κ1) is 54.5. The number of aromatic nitrogens is 4. The molecular weight excluding hydrogens is 1060 g/mol. The van der Waals surface area contributed by atoms with Crippen LogP contribution in [0.25, 0.3) is 22.1 Å². The topological polar surface area (TPSA) is 269 Å². The SMILES string of the molecule is C.CC.Cc1ccc2c(c1C)C(=O)O[C@@H]2[C@@H]1NCCc2cc3c(c(C)c21)OCO3.Cc1ccc2c(c1C)C(=O)O[C@@H]2[C@H]1c2c(cc3c(c2C)OCO3)CCN1c1cc([N+](=O)[O-])c2nonc2c1.O=[N+]([O-])c1ccc(Cl)c2nonc12. The van der Waals surface area contributed by atoms with Crippen molar-refractivity contribution in [1.29, 1.82) is 0 Å². The molecule has 0 unspecified atom stereocenters. The number of carbonyl (C=O) groups is 2. The van der Waals surface area contributed by atoms with Gasteiger partial charge in [-0.3, -0.25) is 20.2 Å². The Morgan fingerprint density at radius 2 is 1.18 bits per heavy atom. The normalized spacial score (nSPS) is 18.4. The van der Waals surface area contributed by atoms with Crippen molar-refractivity contribution in [3.63, 3.8) is 0 Å². The van der Waals surface area contributed by atoms with E-state index >= 15 is 0 Å². The predicted octanol–water partition coefficient (Wildman–Crippen LogP) is 11.7. The molecule has 14 rings (SSSR count). The van der Waals surface area contributed by atoms with E-state index in [4.69, 9.17) is 44.7 Å². The summed E-state index contributed by atoms with van der Waals surface area (Å²) in [6, 6.07) is 17.4. The number of nitro benzene ring substituents is 2. The lowest BCUT2D eigenvalue weighted by molar-refractivity contribution is -0.383. The van der Waals surface area contributed by atoms with Crippen molar-refractivity contribution in [2.24, 2.45) is 0 Å². The maximum Gasteiger partial charge on any atom is 0.339 e. The maximum absolute atomic E-state index is 13.2. The molecule has 8 heterocycles. The molecule has 414 valence electrons. The molecule has 0 bridgehead atoms. The highest BCUT2D eigenvalue weighted by atomic mass is 35.5. The number of anilines is 1. The number of nitrogens with one attached hydrogen (secondary N) is 1. The maximum atomic E-state index is 13.2. The number of cyclic esters (lactones) is 2. The Balaban J connectivity index is 0.000000148. The fourth-order valence-corrected chi connectivity index (χ4v) is 11.7. The second-order valence-electron chi connectivity index (χ2n) is 19.4. The lowest BCUT2D eigenvalue weighted by Crippen LogP contribution is -2.39. The molecule has 0 saturated heterocycles. The van der Waals surface area contributed by atoms with E-state index in [1.165, 1.54) is 29.3 Å². The number of rotatable bonds is 5. The van der Waals surface area contributed by atoms with Crippen LogP contribution in [-0.4, -0.2) is 69.1 Å². The number of ether oxygens (including phenoxy) is 6. The van der Waals surface area contributed by atoms with E-state index in [-0.39, 0.29) is 83.6 Å². The third-order valence-electron chi connectivity index (χ3n) is 15.4. The van der Waals surface area contributed by atoms with E-state index in [0.29, 0.717) is 35.7 Å². The van der Waals surface area contributed by atoms with E-state index in [0.717, 1.165) is 85.7 Å². The smallest absolute Gasteiger partial charge is 0.339 e. The van der Waals surface area contributed by atoms with Gasteiger partial charge in [-0.15, -0.1) is 0 Å². The number of carbonyl (C=O) groups excluding carboxylic acids is 2. The predicted molar refractivity (Wildman–Crippen MR) is 291 cm³/mol. The third kappa shape index (κ3) is 8.96. The van der Waals surface area contributed by atoms with Crippen molar-refractivity contribution in [3.05, 3.63) is 164 Å². The van der Waals surface area contributed by atoms with Gasteiger partial charge in [0.25, 0.3) is 0 Å². The second-order valence-corrected chi connectivity index (χ2v) is 19.8. The number of fused-ring (bicyclic) bond motifs is 8. The molecule has 0 aliphatic carbocycles. The molecule has 0 spiro atoms. The van der Waals surface area contributed by atoms with Gasteiger partial charge < -0.3 is 38.6 Å². The minimum absolute atomic E-state index is 0. The van der Waals surface area contributed by atoms with Crippen molar-refractivity contribution < 1.29 is 57.1 Å². The zero-order valence-corrected chi connectivity index (χ0v) is 44.8. The summed E-state index contributed by atoms with van der Waals surface area (Å²) in [7, 11) is 0. The number of nitrogens with zero attached hydrogens (tertiary/aromatic N) is 7. The molecule has 6 aliphatic rings. The minimum Gasteiger partial charge on any atom is -0.454 e. The average Bonchev–Trinajstić information content (AvgIpc) is 4.49. The molecule has 22 nitrogen and oxygen atoms in total. The Morgan fingerprint density at radius 1 is 0.625 bits per heavy atom. The summed E-state index contributed by atoms with van der Waals surface area (Å²) < 4.78 is 43.9. The second kappa shape index (κ2) is 21.4. The van der Waals surface area contributed by atoms with Crippen molar-refractivity contribution in [2.45, 2.75) is 99.9 Å². The van der Waals surface area contributed by atoms with E-state index in [9.17, 15) is 29.8 Å². The first-order valence-electron chi connectivity index (χ1n) is 25.5. The van der Waals surface area contributed by atoms with Crippen LogP contribution >= 0.6 is 11.6 Å². The van der Waals surface area contributed by atoms with Crippen LogP contribution in [0.3, 0.4) is 0 Å². The number of aryl methyl sites for hydroxylation is 2. The van der Waals surface area contributed by atoms with Gasteiger partial charge in [-0.05, 0) is 150 Å². The summed E-state index contributed by atoms with van der Waals surface area (Å²) in [6.45, 7) is 17.7. The van der Waals surface area contributed by atoms with Crippen LogP contribution in [0.1, 0.15) is 133 Å². The van der Waals surface area contributed by atoms with Crippen LogP contribution in [0, 0.1) is 61.8 Å². The molecule has 0 radical (unpaired) electrons. The number of nitro groups is 2. The lowest BCUT2D eigenvalue weighted by atomic mass is 9.82. The van der Waals surface area contributed by atoms with Crippen LogP contribution in [0.5, 0.6) is 23.0 Å². The van der Waals surface area contributed by atoms with Crippen LogP contribution < -0.4 is 29.2 Å². The molecule has 0 fully saturated rings. The Bertz CT molecular complexity index is 3860. The fraction of sp³-hybridized carbons (Fsp3) is 0.333. The number of benzene rings is 6. The molecule has 1 N–H and O–H groups in total. The zero-order valence-electron chi connectivity index (χ0n) is 44.0. The average molecular weight is 1110 g/mol. The Hall–Kier alpha value is -8.89. The summed E-state index contributed by atoms with van der Waals surface area (Å²) in [5.74, 6) is 2.37. The quantitative estimate of drug-likeness (QED) is 0.0953. The zero-order chi connectivity index (χ0) is 55.7. The molecule has 80 heavy (non-hydrogen) atoms. The first-order valence-corrected chi connectivity index (χ1v) is 25.9. The molecule has 6 aliphatic heterocycles. The van der Waals surface area contributed by atoms with Crippen molar-refractivity contribution >= 4 is 62.7 Å². The van der Waals surface area contributed by atoms with Gasteiger partial charge in [-0.25, -0.2) is 18.8 Å².